The van der Waals surface area contributed by atoms with Crippen LogP contribution in [0.1, 0.15) is 10.4 Å². The van der Waals surface area contributed by atoms with E-state index < -0.39 is 0 Å². The summed E-state index contributed by atoms with van der Waals surface area (Å²) >= 11 is 6.72. The Morgan fingerprint density at radius 1 is 1.50 bits per heavy atom. The molecule has 0 aliphatic rings. The number of anilines is 1. The van der Waals surface area contributed by atoms with Crippen LogP contribution in [0.15, 0.2) is 21.4 Å². The molecule has 0 aliphatic carbocycles. The van der Waals surface area contributed by atoms with E-state index in [2.05, 4.69) is 44.6 Å². The zero-order valence-electron chi connectivity index (χ0n) is 7.58. The molecule has 0 aliphatic heterocycles. The number of thiophene rings is 1. The molecule has 0 fully saturated rings. The van der Waals surface area contributed by atoms with Gasteiger partial charge in [0.05, 0.1) is 6.54 Å². The summed E-state index contributed by atoms with van der Waals surface area (Å²) in [6.07, 6.45) is 0. The summed E-state index contributed by atoms with van der Waals surface area (Å²) in [7, 11) is 0. The first-order chi connectivity index (χ1) is 6.75. The molecule has 2 aromatic rings. The molecule has 0 radical (unpaired) electrons. The van der Waals surface area contributed by atoms with Crippen molar-refractivity contribution in [3.05, 3.63) is 31.9 Å². The van der Waals surface area contributed by atoms with Crippen molar-refractivity contribution >= 4 is 43.7 Å². The lowest BCUT2D eigenvalue weighted by atomic mass is 10.3. The normalized spacial score (nSPS) is 10.4. The van der Waals surface area contributed by atoms with Crippen molar-refractivity contribution in [3.8, 4) is 0 Å². The second-order valence-electron chi connectivity index (χ2n) is 2.86. The van der Waals surface area contributed by atoms with Crippen molar-refractivity contribution in [2.75, 3.05) is 5.32 Å². The van der Waals surface area contributed by atoms with E-state index in [0.717, 1.165) is 16.3 Å². The van der Waals surface area contributed by atoms with Crippen LogP contribution in [0.25, 0.3) is 0 Å². The number of nitrogens with one attached hydrogen (secondary N) is 1. The SMILES string of the molecule is Cc1ccsc1CNc1nc(Br)cs1. The zero-order chi connectivity index (χ0) is 9.97. The Morgan fingerprint density at radius 3 is 2.93 bits per heavy atom. The molecule has 14 heavy (non-hydrogen) atoms. The van der Waals surface area contributed by atoms with Gasteiger partial charge in [-0.2, -0.15) is 0 Å². The summed E-state index contributed by atoms with van der Waals surface area (Å²) in [6.45, 7) is 2.99. The molecular weight excluding hydrogens is 280 g/mol. The number of thiazole rings is 1. The predicted octanol–water partition coefficient (Wildman–Crippen LogP) is 3.89. The highest BCUT2D eigenvalue weighted by Gasteiger charge is 2.01. The maximum atomic E-state index is 4.27. The summed E-state index contributed by atoms with van der Waals surface area (Å²) in [5.41, 5.74) is 1.35. The second-order valence-corrected chi connectivity index (χ2v) is 5.53. The molecule has 2 heterocycles. The summed E-state index contributed by atoms with van der Waals surface area (Å²) < 4.78 is 0.896. The van der Waals surface area contributed by atoms with Gasteiger partial charge in [-0.05, 0) is 39.9 Å². The van der Waals surface area contributed by atoms with Crippen molar-refractivity contribution in [1.29, 1.82) is 0 Å². The summed E-state index contributed by atoms with van der Waals surface area (Å²) in [6, 6.07) is 2.14. The van der Waals surface area contributed by atoms with Crippen molar-refractivity contribution in [3.63, 3.8) is 0 Å². The van der Waals surface area contributed by atoms with Gasteiger partial charge in [-0.15, -0.1) is 22.7 Å². The maximum Gasteiger partial charge on any atom is 0.184 e. The van der Waals surface area contributed by atoms with Crippen molar-refractivity contribution < 1.29 is 0 Å². The maximum absolute atomic E-state index is 4.27. The molecule has 2 aromatic heterocycles. The first-order valence-corrected chi connectivity index (χ1v) is 6.69. The largest absolute Gasteiger partial charge is 0.357 e. The number of aromatic nitrogens is 1. The fourth-order valence-electron chi connectivity index (χ4n) is 1.08. The van der Waals surface area contributed by atoms with E-state index in [9.17, 15) is 0 Å². The van der Waals surface area contributed by atoms with E-state index >= 15 is 0 Å². The summed E-state index contributed by atoms with van der Waals surface area (Å²) in [5.74, 6) is 0. The Labute approximate surface area is 99.1 Å². The van der Waals surface area contributed by atoms with Crippen LogP contribution in [0.5, 0.6) is 0 Å². The molecule has 0 saturated carbocycles. The molecule has 2 nitrogen and oxygen atoms in total. The van der Waals surface area contributed by atoms with Gasteiger partial charge in [0.25, 0.3) is 0 Å². The Hall–Kier alpha value is -0.390. The number of halogens is 1. The van der Waals surface area contributed by atoms with Crippen LogP contribution in [-0.4, -0.2) is 4.98 Å². The van der Waals surface area contributed by atoms with Crippen LogP contribution in [-0.2, 0) is 6.54 Å². The number of hydrogen-bond donors (Lipinski definition) is 1. The summed E-state index contributed by atoms with van der Waals surface area (Å²) in [5, 5.41) is 8.35. The first kappa shape index (κ1) is 10.1. The fourth-order valence-corrected chi connectivity index (χ4v) is 3.07. The molecular formula is C9H9BrN2S2. The lowest BCUT2D eigenvalue weighted by molar-refractivity contribution is 1.14. The molecule has 5 heteroatoms. The third-order valence-electron chi connectivity index (χ3n) is 1.84. The van der Waals surface area contributed by atoms with Crippen molar-refractivity contribution in [2.24, 2.45) is 0 Å². The average molecular weight is 289 g/mol. The van der Waals surface area contributed by atoms with E-state index in [0.29, 0.717) is 0 Å². The van der Waals surface area contributed by atoms with Crippen LogP contribution in [0, 0.1) is 6.92 Å². The minimum atomic E-state index is 0.865. The lowest BCUT2D eigenvalue weighted by Crippen LogP contribution is -1.97. The number of hydrogen-bond acceptors (Lipinski definition) is 4. The Balaban J connectivity index is 1.98. The van der Waals surface area contributed by atoms with Gasteiger partial charge in [-0.3, -0.25) is 0 Å². The van der Waals surface area contributed by atoms with Gasteiger partial charge in [0.2, 0.25) is 0 Å². The monoisotopic (exact) mass is 288 g/mol. The highest BCUT2D eigenvalue weighted by atomic mass is 79.9. The van der Waals surface area contributed by atoms with Gasteiger partial charge in [0, 0.05) is 10.3 Å². The number of nitrogens with zero attached hydrogens (tertiary/aromatic N) is 1. The van der Waals surface area contributed by atoms with E-state index in [-0.39, 0.29) is 0 Å². The van der Waals surface area contributed by atoms with Crippen LogP contribution in [0.4, 0.5) is 5.13 Å². The highest BCUT2D eigenvalue weighted by Crippen LogP contribution is 2.22. The fraction of sp³-hybridized carbons (Fsp3) is 0.222. The molecule has 0 saturated heterocycles. The lowest BCUT2D eigenvalue weighted by Gasteiger charge is -2.00. The Kier molecular flexibility index (Phi) is 3.20. The minimum absolute atomic E-state index is 0.865. The molecule has 0 atom stereocenters. The van der Waals surface area contributed by atoms with Gasteiger partial charge >= 0.3 is 0 Å². The second kappa shape index (κ2) is 4.42. The number of rotatable bonds is 3. The van der Waals surface area contributed by atoms with Crippen LogP contribution < -0.4 is 5.32 Å². The Bertz CT molecular complexity index is 422. The van der Waals surface area contributed by atoms with E-state index in [1.165, 1.54) is 10.4 Å². The van der Waals surface area contributed by atoms with E-state index in [1.54, 1.807) is 22.7 Å². The van der Waals surface area contributed by atoms with Crippen LogP contribution in [0.2, 0.25) is 0 Å². The highest BCUT2D eigenvalue weighted by molar-refractivity contribution is 9.10. The Morgan fingerprint density at radius 2 is 2.36 bits per heavy atom. The quantitative estimate of drug-likeness (QED) is 0.927. The molecule has 0 unspecified atom stereocenters. The van der Waals surface area contributed by atoms with Crippen molar-refractivity contribution in [2.45, 2.75) is 13.5 Å². The number of aryl methyl sites for hydroxylation is 1. The third-order valence-corrected chi connectivity index (χ3v) is 4.38. The molecule has 0 aromatic carbocycles. The molecule has 2 rings (SSSR count). The van der Waals surface area contributed by atoms with Gasteiger partial charge in [0.15, 0.2) is 5.13 Å². The van der Waals surface area contributed by atoms with Crippen molar-refractivity contribution in [1.82, 2.24) is 4.98 Å². The van der Waals surface area contributed by atoms with Gasteiger partial charge < -0.3 is 5.32 Å². The van der Waals surface area contributed by atoms with E-state index in [4.69, 9.17) is 0 Å². The molecule has 0 amide bonds. The van der Waals surface area contributed by atoms with Gasteiger partial charge in [-0.1, -0.05) is 0 Å². The third kappa shape index (κ3) is 2.34. The molecule has 74 valence electrons. The first-order valence-electron chi connectivity index (χ1n) is 4.13. The van der Waals surface area contributed by atoms with Gasteiger partial charge in [0.1, 0.15) is 4.60 Å². The van der Waals surface area contributed by atoms with Crippen LogP contribution >= 0.6 is 38.6 Å². The topological polar surface area (TPSA) is 24.9 Å². The standard InChI is InChI=1S/C9H9BrN2S2/c1-6-2-3-13-7(6)4-11-9-12-8(10)5-14-9/h2-3,5H,4H2,1H3,(H,11,12). The predicted molar refractivity (Wildman–Crippen MR) is 66.2 cm³/mol. The molecule has 0 spiro atoms. The molecule has 0 bridgehead atoms. The van der Waals surface area contributed by atoms with Crippen LogP contribution in [0.3, 0.4) is 0 Å². The van der Waals surface area contributed by atoms with E-state index in [1.807, 2.05) is 5.38 Å². The zero-order valence-corrected chi connectivity index (χ0v) is 10.8. The molecule has 1 N–H and O–H groups in total. The summed E-state index contributed by atoms with van der Waals surface area (Å²) in [4.78, 5) is 5.64. The average Bonchev–Trinajstić information content (AvgIpc) is 2.72. The minimum Gasteiger partial charge on any atom is -0.357 e. The smallest absolute Gasteiger partial charge is 0.184 e. The van der Waals surface area contributed by atoms with Gasteiger partial charge in [-0.25, -0.2) is 4.98 Å².